The summed E-state index contributed by atoms with van der Waals surface area (Å²) in [5.41, 5.74) is 1.67. The maximum absolute atomic E-state index is 12.1. The van der Waals surface area contributed by atoms with E-state index in [9.17, 15) is 4.79 Å². The molecule has 0 aliphatic heterocycles. The van der Waals surface area contributed by atoms with Crippen molar-refractivity contribution in [1.29, 1.82) is 0 Å². The second-order valence-electron chi connectivity index (χ2n) is 3.95. The summed E-state index contributed by atoms with van der Waals surface area (Å²) < 4.78 is 1.85. The van der Waals surface area contributed by atoms with Gasteiger partial charge in [-0.15, -0.1) is 0 Å². The van der Waals surface area contributed by atoms with Crippen LogP contribution in [0.1, 0.15) is 16.1 Å². The first-order valence-corrected chi connectivity index (χ1v) is 7.67. The van der Waals surface area contributed by atoms with Crippen molar-refractivity contribution in [3.63, 3.8) is 0 Å². The van der Waals surface area contributed by atoms with Crippen molar-refractivity contribution >= 4 is 44.4 Å². The fourth-order valence-corrected chi connectivity index (χ4v) is 2.56. The fraction of sp³-hybridized carbons (Fsp3) is 0.143. The van der Waals surface area contributed by atoms with Gasteiger partial charge in [0.2, 0.25) is 0 Å². The predicted molar refractivity (Wildman–Crippen MR) is 87.1 cm³/mol. The Morgan fingerprint density at radius 2 is 2.16 bits per heavy atom. The highest BCUT2D eigenvalue weighted by atomic mass is 127. The molecule has 0 atom stereocenters. The molecule has 1 heterocycles. The van der Waals surface area contributed by atoms with Crippen LogP contribution in [0.25, 0.3) is 0 Å². The van der Waals surface area contributed by atoms with E-state index in [1.54, 1.807) is 6.20 Å². The number of pyridine rings is 1. The molecule has 0 fully saturated rings. The van der Waals surface area contributed by atoms with Gasteiger partial charge in [0.05, 0.1) is 5.56 Å². The molecule has 0 bridgehead atoms. The van der Waals surface area contributed by atoms with Gasteiger partial charge in [-0.2, -0.15) is 0 Å². The molecule has 0 radical (unpaired) electrons. The summed E-state index contributed by atoms with van der Waals surface area (Å²) in [6.45, 7) is 0.582. The molecule has 0 unspecified atom stereocenters. The van der Waals surface area contributed by atoms with E-state index >= 15 is 0 Å². The van der Waals surface area contributed by atoms with Crippen LogP contribution >= 0.6 is 38.5 Å². The Morgan fingerprint density at radius 3 is 2.89 bits per heavy atom. The third-order valence-electron chi connectivity index (χ3n) is 2.57. The number of nitrogens with one attached hydrogen (secondary N) is 1. The lowest BCUT2D eigenvalue weighted by molar-refractivity contribution is 0.0953. The van der Waals surface area contributed by atoms with E-state index in [0.29, 0.717) is 12.1 Å². The molecule has 1 aromatic heterocycles. The molecule has 98 valence electrons. The van der Waals surface area contributed by atoms with E-state index in [1.807, 2.05) is 36.4 Å². The highest BCUT2D eigenvalue weighted by Crippen LogP contribution is 2.18. The average Bonchev–Trinajstić information content (AvgIpc) is 2.42. The Morgan fingerprint density at radius 1 is 1.32 bits per heavy atom. The SMILES string of the molecule is O=C(NCCc1ccccn1)c1cc(Br)ccc1I. The molecule has 1 N–H and O–H groups in total. The lowest BCUT2D eigenvalue weighted by atomic mass is 10.2. The molecule has 19 heavy (non-hydrogen) atoms. The molecule has 3 nitrogen and oxygen atoms in total. The van der Waals surface area contributed by atoms with Crippen LogP contribution in [0, 0.1) is 3.57 Å². The predicted octanol–water partition coefficient (Wildman–Crippen LogP) is 3.42. The second kappa shape index (κ2) is 7.00. The van der Waals surface area contributed by atoms with E-state index in [1.165, 1.54) is 0 Å². The van der Waals surface area contributed by atoms with Crippen molar-refractivity contribution in [3.8, 4) is 0 Å². The van der Waals surface area contributed by atoms with Crippen LogP contribution in [-0.4, -0.2) is 17.4 Å². The van der Waals surface area contributed by atoms with Crippen LogP contribution < -0.4 is 5.32 Å². The minimum absolute atomic E-state index is 0.0540. The summed E-state index contributed by atoms with van der Waals surface area (Å²) in [6.07, 6.45) is 2.49. The molecule has 2 aromatic rings. The van der Waals surface area contributed by atoms with Gasteiger partial charge in [-0.3, -0.25) is 9.78 Å². The first-order valence-electron chi connectivity index (χ1n) is 5.80. The summed E-state index contributed by atoms with van der Waals surface area (Å²) in [5, 5.41) is 2.91. The molecule has 2 rings (SSSR count). The van der Waals surface area contributed by atoms with Gasteiger partial charge >= 0.3 is 0 Å². The number of hydrogen-bond acceptors (Lipinski definition) is 2. The molecule has 5 heteroatoms. The zero-order valence-corrected chi connectivity index (χ0v) is 13.8. The number of halogens is 2. The number of carbonyl (C=O) groups is 1. The Kier molecular flexibility index (Phi) is 5.33. The molecule has 0 saturated heterocycles. The van der Waals surface area contributed by atoms with Gasteiger partial charge < -0.3 is 5.32 Å². The van der Waals surface area contributed by atoms with Crippen molar-refractivity contribution in [1.82, 2.24) is 10.3 Å². The number of carbonyl (C=O) groups excluding carboxylic acids is 1. The van der Waals surface area contributed by atoms with E-state index in [2.05, 4.69) is 48.8 Å². The number of nitrogens with zero attached hydrogens (tertiary/aromatic N) is 1. The monoisotopic (exact) mass is 430 g/mol. The first kappa shape index (κ1) is 14.5. The summed E-state index contributed by atoms with van der Waals surface area (Å²) in [5.74, 6) is -0.0540. The van der Waals surface area contributed by atoms with E-state index in [-0.39, 0.29) is 5.91 Å². The number of aromatic nitrogens is 1. The number of benzene rings is 1. The molecule has 0 aliphatic carbocycles. The molecular weight excluding hydrogens is 419 g/mol. The van der Waals surface area contributed by atoms with Crippen LogP contribution in [-0.2, 0) is 6.42 Å². The van der Waals surface area contributed by atoms with Crippen LogP contribution in [0.4, 0.5) is 0 Å². The fourth-order valence-electron chi connectivity index (χ4n) is 1.62. The van der Waals surface area contributed by atoms with E-state index in [0.717, 1.165) is 20.2 Å². The summed E-state index contributed by atoms with van der Waals surface area (Å²) in [6, 6.07) is 11.4. The Balaban J connectivity index is 1.93. The maximum atomic E-state index is 12.1. The van der Waals surface area contributed by atoms with Gasteiger partial charge in [-0.1, -0.05) is 22.0 Å². The molecule has 0 spiro atoms. The summed E-state index contributed by atoms with van der Waals surface area (Å²) in [4.78, 5) is 16.3. The Hall–Kier alpha value is -0.950. The van der Waals surface area contributed by atoms with Crippen molar-refractivity contribution in [2.45, 2.75) is 6.42 Å². The zero-order valence-electron chi connectivity index (χ0n) is 10.1. The number of hydrogen-bond donors (Lipinski definition) is 1. The third kappa shape index (κ3) is 4.28. The number of amides is 1. The van der Waals surface area contributed by atoms with Gasteiger partial charge in [0, 0.05) is 32.9 Å². The van der Waals surface area contributed by atoms with Gasteiger partial charge in [0.25, 0.3) is 5.91 Å². The van der Waals surface area contributed by atoms with Gasteiger partial charge in [0.1, 0.15) is 0 Å². The summed E-state index contributed by atoms with van der Waals surface area (Å²) >= 11 is 5.54. The van der Waals surface area contributed by atoms with Crippen LogP contribution in [0.3, 0.4) is 0 Å². The van der Waals surface area contributed by atoms with Crippen LogP contribution in [0.2, 0.25) is 0 Å². The standard InChI is InChI=1S/C14H12BrIN2O/c15-10-4-5-13(16)12(9-10)14(19)18-8-6-11-3-1-2-7-17-11/h1-5,7,9H,6,8H2,(H,18,19). The molecule has 0 aliphatic rings. The number of rotatable bonds is 4. The molecule has 1 aromatic carbocycles. The smallest absolute Gasteiger partial charge is 0.252 e. The van der Waals surface area contributed by atoms with Crippen molar-refractivity contribution < 1.29 is 4.79 Å². The Labute approximate surface area is 134 Å². The lowest BCUT2D eigenvalue weighted by Crippen LogP contribution is -2.26. The quantitative estimate of drug-likeness (QED) is 0.755. The van der Waals surface area contributed by atoms with Gasteiger partial charge in [-0.25, -0.2) is 0 Å². The molecule has 1 amide bonds. The second-order valence-corrected chi connectivity index (χ2v) is 6.03. The van der Waals surface area contributed by atoms with Gasteiger partial charge in [-0.05, 0) is 52.9 Å². The summed E-state index contributed by atoms with van der Waals surface area (Å²) in [7, 11) is 0. The average molecular weight is 431 g/mol. The lowest BCUT2D eigenvalue weighted by Gasteiger charge is -2.07. The van der Waals surface area contributed by atoms with E-state index < -0.39 is 0 Å². The van der Waals surface area contributed by atoms with Crippen molar-refractivity contribution in [3.05, 3.63) is 61.9 Å². The zero-order chi connectivity index (χ0) is 13.7. The molecule has 0 saturated carbocycles. The van der Waals surface area contributed by atoms with Crippen molar-refractivity contribution in [2.24, 2.45) is 0 Å². The molecular formula is C14H12BrIN2O. The minimum atomic E-state index is -0.0540. The topological polar surface area (TPSA) is 42.0 Å². The first-order chi connectivity index (χ1) is 9.16. The minimum Gasteiger partial charge on any atom is -0.352 e. The third-order valence-corrected chi connectivity index (χ3v) is 4.00. The largest absolute Gasteiger partial charge is 0.352 e. The highest BCUT2D eigenvalue weighted by Gasteiger charge is 2.09. The van der Waals surface area contributed by atoms with Gasteiger partial charge in [0.15, 0.2) is 0 Å². The van der Waals surface area contributed by atoms with Crippen LogP contribution in [0.15, 0.2) is 47.1 Å². The maximum Gasteiger partial charge on any atom is 0.252 e. The highest BCUT2D eigenvalue weighted by molar-refractivity contribution is 14.1. The van der Waals surface area contributed by atoms with Crippen molar-refractivity contribution in [2.75, 3.05) is 6.54 Å². The normalized spacial score (nSPS) is 10.2. The Bertz CT molecular complexity index is 575. The van der Waals surface area contributed by atoms with Crippen LogP contribution in [0.5, 0.6) is 0 Å². The van der Waals surface area contributed by atoms with E-state index in [4.69, 9.17) is 0 Å².